The number of aromatic amines is 1. The number of hydrogen-bond acceptors (Lipinski definition) is 2. The van der Waals surface area contributed by atoms with E-state index >= 15 is 0 Å². The lowest BCUT2D eigenvalue weighted by Gasteiger charge is -2.08. The first-order valence-electron chi connectivity index (χ1n) is 5.55. The van der Waals surface area contributed by atoms with Gasteiger partial charge < -0.3 is 15.5 Å². The van der Waals surface area contributed by atoms with Crippen LogP contribution >= 0.6 is 0 Å². The lowest BCUT2D eigenvalue weighted by Crippen LogP contribution is -2.22. The van der Waals surface area contributed by atoms with E-state index in [-0.39, 0.29) is 6.04 Å². The number of benzene rings is 1. The van der Waals surface area contributed by atoms with E-state index in [4.69, 9.17) is 5.73 Å². The van der Waals surface area contributed by atoms with Crippen LogP contribution < -0.4 is 5.73 Å². The standard InChI is InChI=1S/C13H16N2O/c14-11(4-3-7-16)8-10-9-15-13-6-2-1-5-12(10)13/h1-2,5-7,9,11,15H,3-4,8,14H2/t11-/m1/s1. The summed E-state index contributed by atoms with van der Waals surface area (Å²) < 4.78 is 0. The molecule has 16 heavy (non-hydrogen) atoms. The fourth-order valence-electron chi connectivity index (χ4n) is 1.97. The molecule has 0 aliphatic rings. The minimum Gasteiger partial charge on any atom is -0.361 e. The smallest absolute Gasteiger partial charge is 0.120 e. The van der Waals surface area contributed by atoms with Crippen molar-refractivity contribution in [3.05, 3.63) is 36.0 Å². The van der Waals surface area contributed by atoms with Gasteiger partial charge in [0.05, 0.1) is 0 Å². The average Bonchev–Trinajstić information content (AvgIpc) is 2.70. The van der Waals surface area contributed by atoms with Crippen LogP contribution in [-0.4, -0.2) is 17.3 Å². The number of carbonyl (C=O) groups excluding carboxylic acids is 1. The van der Waals surface area contributed by atoms with Crippen molar-refractivity contribution in [2.45, 2.75) is 25.3 Å². The Kier molecular flexibility index (Phi) is 3.37. The zero-order valence-electron chi connectivity index (χ0n) is 9.15. The summed E-state index contributed by atoms with van der Waals surface area (Å²) in [6.45, 7) is 0. The van der Waals surface area contributed by atoms with Crippen LogP contribution in [0.5, 0.6) is 0 Å². The third-order valence-electron chi connectivity index (χ3n) is 2.81. The average molecular weight is 216 g/mol. The van der Waals surface area contributed by atoms with Crippen LogP contribution in [0, 0.1) is 0 Å². The van der Waals surface area contributed by atoms with E-state index in [1.807, 2.05) is 18.3 Å². The van der Waals surface area contributed by atoms with Gasteiger partial charge in [-0.3, -0.25) is 0 Å². The number of nitrogens with one attached hydrogen (secondary N) is 1. The molecule has 0 fully saturated rings. The number of fused-ring (bicyclic) bond motifs is 1. The number of H-pyrrole nitrogens is 1. The Balaban J connectivity index is 2.12. The van der Waals surface area contributed by atoms with Crippen LogP contribution in [0.4, 0.5) is 0 Å². The van der Waals surface area contributed by atoms with Crippen molar-refractivity contribution >= 4 is 17.2 Å². The second-order valence-corrected chi connectivity index (χ2v) is 4.07. The van der Waals surface area contributed by atoms with Crippen molar-refractivity contribution in [3.8, 4) is 0 Å². The molecule has 2 rings (SSSR count). The topological polar surface area (TPSA) is 58.9 Å². The van der Waals surface area contributed by atoms with E-state index < -0.39 is 0 Å². The number of aldehydes is 1. The lowest BCUT2D eigenvalue weighted by atomic mass is 10.0. The quantitative estimate of drug-likeness (QED) is 0.751. The highest BCUT2D eigenvalue weighted by Gasteiger charge is 2.07. The molecule has 0 unspecified atom stereocenters. The zero-order chi connectivity index (χ0) is 11.4. The number of carbonyl (C=O) groups is 1. The highest BCUT2D eigenvalue weighted by molar-refractivity contribution is 5.83. The van der Waals surface area contributed by atoms with Crippen molar-refractivity contribution < 1.29 is 4.79 Å². The molecule has 0 aliphatic heterocycles. The van der Waals surface area contributed by atoms with Crippen LogP contribution in [0.3, 0.4) is 0 Å². The fourth-order valence-corrected chi connectivity index (χ4v) is 1.97. The molecule has 0 bridgehead atoms. The highest BCUT2D eigenvalue weighted by atomic mass is 16.1. The molecule has 1 heterocycles. The Hall–Kier alpha value is -1.61. The normalized spacial score (nSPS) is 12.8. The predicted molar refractivity (Wildman–Crippen MR) is 65.3 cm³/mol. The van der Waals surface area contributed by atoms with E-state index in [9.17, 15) is 4.79 Å². The van der Waals surface area contributed by atoms with Gasteiger partial charge in [0.1, 0.15) is 6.29 Å². The summed E-state index contributed by atoms with van der Waals surface area (Å²) >= 11 is 0. The van der Waals surface area contributed by atoms with E-state index in [0.29, 0.717) is 6.42 Å². The van der Waals surface area contributed by atoms with Gasteiger partial charge in [0.15, 0.2) is 0 Å². The molecule has 84 valence electrons. The highest BCUT2D eigenvalue weighted by Crippen LogP contribution is 2.19. The lowest BCUT2D eigenvalue weighted by molar-refractivity contribution is -0.108. The van der Waals surface area contributed by atoms with Gasteiger partial charge in [0.25, 0.3) is 0 Å². The van der Waals surface area contributed by atoms with E-state index in [1.165, 1.54) is 10.9 Å². The second kappa shape index (κ2) is 4.94. The third-order valence-corrected chi connectivity index (χ3v) is 2.81. The maximum absolute atomic E-state index is 10.3. The first kappa shape index (κ1) is 10.9. The minimum atomic E-state index is 0.0596. The molecule has 0 saturated carbocycles. The Bertz CT molecular complexity index is 475. The maximum Gasteiger partial charge on any atom is 0.120 e. The second-order valence-electron chi connectivity index (χ2n) is 4.07. The van der Waals surface area contributed by atoms with Crippen LogP contribution in [0.25, 0.3) is 10.9 Å². The van der Waals surface area contributed by atoms with Crippen LogP contribution in [0.15, 0.2) is 30.5 Å². The number of para-hydroxylation sites is 1. The van der Waals surface area contributed by atoms with E-state index in [1.54, 1.807) is 0 Å². The largest absolute Gasteiger partial charge is 0.361 e. The van der Waals surface area contributed by atoms with Crippen molar-refractivity contribution in [1.82, 2.24) is 4.98 Å². The van der Waals surface area contributed by atoms with Crippen molar-refractivity contribution in [2.75, 3.05) is 0 Å². The van der Waals surface area contributed by atoms with E-state index in [0.717, 1.165) is 24.6 Å². The maximum atomic E-state index is 10.3. The number of aromatic nitrogens is 1. The van der Waals surface area contributed by atoms with Crippen LogP contribution in [0.2, 0.25) is 0 Å². The number of nitrogens with two attached hydrogens (primary N) is 1. The summed E-state index contributed by atoms with van der Waals surface area (Å²) in [5.41, 5.74) is 8.34. The molecule has 1 aromatic heterocycles. The SMILES string of the molecule is N[C@H](CCC=O)Cc1c[nH]c2ccccc12. The molecular formula is C13H16N2O. The van der Waals surface area contributed by atoms with Gasteiger partial charge in [0.2, 0.25) is 0 Å². The Labute approximate surface area is 94.6 Å². The first-order valence-corrected chi connectivity index (χ1v) is 5.55. The van der Waals surface area contributed by atoms with Crippen LogP contribution in [0.1, 0.15) is 18.4 Å². The monoisotopic (exact) mass is 216 g/mol. The minimum absolute atomic E-state index is 0.0596. The van der Waals surface area contributed by atoms with Gasteiger partial charge in [-0.1, -0.05) is 18.2 Å². The molecule has 0 saturated heterocycles. The van der Waals surface area contributed by atoms with Gasteiger partial charge in [-0.05, 0) is 24.5 Å². The molecule has 1 atom stereocenters. The van der Waals surface area contributed by atoms with Crippen molar-refractivity contribution in [1.29, 1.82) is 0 Å². The van der Waals surface area contributed by atoms with Gasteiger partial charge in [-0.2, -0.15) is 0 Å². The summed E-state index contributed by atoms with van der Waals surface area (Å²) in [5, 5.41) is 1.23. The zero-order valence-corrected chi connectivity index (χ0v) is 9.15. The van der Waals surface area contributed by atoms with Gasteiger partial charge in [-0.25, -0.2) is 0 Å². The van der Waals surface area contributed by atoms with Gasteiger partial charge in [0, 0.05) is 29.6 Å². The van der Waals surface area contributed by atoms with Gasteiger partial charge >= 0.3 is 0 Å². The fraction of sp³-hybridized carbons (Fsp3) is 0.308. The molecule has 2 aromatic rings. The molecule has 3 heteroatoms. The third kappa shape index (κ3) is 2.31. The van der Waals surface area contributed by atoms with E-state index in [2.05, 4.69) is 17.1 Å². The Morgan fingerprint density at radius 2 is 2.19 bits per heavy atom. The Morgan fingerprint density at radius 1 is 1.38 bits per heavy atom. The molecule has 3 N–H and O–H groups in total. The number of rotatable bonds is 5. The predicted octanol–water partition coefficient (Wildman–Crippen LogP) is 2.02. The summed E-state index contributed by atoms with van der Waals surface area (Å²) in [6, 6.07) is 8.24. The Morgan fingerprint density at radius 3 is 3.00 bits per heavy atom. The molecule has 3 nitrogen and oxygen atoms in total. The first-order chi connectivity index (χ1) is 7.81. The molecule has 0 spiro atoms. The molecular weight excluding hydrogens is 200 g/mol. The summed E-state index contributed by atoms with van der Waals surface area (Å²) in [7, 11) is 0. The van der Waals surface area contributed by atoms with Crippen molar-refractivity contribution in [3.63, 3.8) is 0 Å². The number of hydrogen-bond donors (Lipinski definition) is 2. The molecule has 1 aromatic carbocycles. The van der Waals surface area contributed by atoms with Crippen molar-refractivity contribution in [2.24, 2.45) is 5.73 Å². The van der Waals surface area contributed by atoms with Crippen LogP contribution in [-0.2, 0) is 11.2 Å². The molecule has 0 radical (unpaired) electrons. The molecule has 0 amide bonds. The van der Waals surface area contributed by atoms with Gasteiger partial charge in [-0.15, -0.1) is 0 Å². The molecule has 0 aliphatic carbocycles. The summed E-state index contributed by atoms with van der Waals surface area (Å²) in [6.07, 6.45) is 5.05. The summed E-state index contributed by atoms with van der Waals surface area (Å²) in [4.78, 5) is 13.5. The summed E-state index contributed by atoms with van der Waals surface area (Å²) in [5.74, 6) is 0.